The summed E-state index contributed by atoms with van der Waals surface area (Å²) in [6.45, 7) is 3.84. The standard InChI is InChI=1S/C9H14O2/c1-6(10)7-3-4-9(2)8(5-7)11-9/h7-8H,3-5H2,1-2H3/t7-,8?,9?/m1/s1. The van der Waals surface area contributed by atoms with Crippen molar-refractivity contribution >= 4 is 5.78 Å². The summed E-state index contributed by atoms with van der Waals surface area (Å²) in [5.41, 5.74) is 0.159. The van der Waals surface area contributed by atoms with Crippen LogP contribution in [0.3, 0.4) is 0 Å². The molecule has 3 atom stereocenters. The van der Waals surface area contributed by atoms with Crippen molar-refractivity contribution < 1.29 is 9.53 Å². The number of carbonyl (C=O) groups is 1. The van der Waals surface area contributed by atoms with Gasteiger partial charge < -0.3 is 4.74 Å². The summed E-state index contributed by atoms with van der Waals surface area (Å²) in [7, 11) is 0. The third-order valence-electron chi connectivity index (χ3n) is 3.10. The molecule has 0 aromatic carbocycles. The van der Waals surface area contributed by atoms with Crippen LogP contribution in [0, 0.1) is 5.92 Å². The van der Waals surface area contributed by atoms with Gasteiger partial charge in [-0.2, -0.15) is 0 Å². The van der Waals surface area contributed by atoms with Crippen LogP contribution in [0.15, 0.2) is 0 Å². The van der Waals surface area contributed by atoms with Crippen LogP contribution in [0.2, 0.25) is 0 Å². The molecule has 2 rings (SSSR count). The van der Waals surface area contributed by atoms with E-state index in [9.17, 15) is 4.79 Å². The van der Waals surface area contributed by atoms with Crippen molar-refractivity contribution in [1.29, 1.82) is 0 Å². The Balaban J connectivity index is 1.98. The van der Waals surface area contributed by atoms with Crippen LogP contribution in [0.5, 0.6) is 0 Å². The Kier molecular flexibility index (Phi) is 1.37. The van der Waals surface area contributed by atoms with Crippen molar-refractivity contribution in [3.63, 3.8) is 0 Å². The Bertz CT molecular complexity index is 200. The lowest BCUT2D eigenvalue weighted by Crippen LogP contribution is -2.25. The summed E-state index contributed by atoms with van der Waals surface area (Å²) in [5, 5.41) is 0. The molecule has 11 heavy (non-hydrogen) atoms. The summed E-state index contributed by atoms with van der Waals surface area (Å²) >= 11 is 0. The number of hydrogen-bond acceptors (Lipinski definition) is 2. The molecule has 1 saturated heterocycles. The average molecular weight is 154 g/mol. The minimum Gasteiger partial charge on any atom is -0.366 e. The number of epoxide rings is 1. The third-order valence-corrected chi connectivity index (χ3v) is 3.10. The number of rotatable bonds is 1. The van der Waals surface area contributed by atoms with E-state index in [1.54, 1.807) is 6.92 Å². The molecule has 62 valence electrons. The SMILES string of the molecule is CC(=O)[C@@H]1CCC2(C)OC2C1. The van der Waals surface area contributed by atoms with Crippen molar-refractivity contribution in [3.05, 3.63) is 0 Å². The lowest BCUT2D eigenvalue weighted by atomic mass is 9.81. The van der Waals surface area contributed by atoms with Crippen molar-refractivity contribution in [1.82, 2.24) is 0 Å². The van der Waals surface area contributed by atoms with Crippen LogP contribution in [-0.2, 0) is 9.53 Å². The van der Waals surface area contributed by atoms with Gasteiger partial charge in [0, 0.05) is 5.92 Å². The average Bonchev–Trinajstić information content (AvgIpc) is 2.58. The molecule has 0 aromatic heterocycles. The van der Waals surface area contributed by atoms with Crippen molar-refractivity contribution in [2.75, 3.05) is 0 Å². The van der Waals surface area contributed by atoms with Gasteiger partial charge in [0.25, 0.3) is 0 Å². The molecule has 0 aromatic rings. The van der Waals surface area contributed by atoms with E-state index in [1.165, 1.54) is 0 Å². The first kappa shape index (κ1) is 7.29. The van der Waals surface area contributed by atoms with Gasteiger partial charge >= 0.3 is 0 Å². The van der Waals surface area contributed by atoms with Crippen molar-refractivity contribution in [2.24, 2.45) is 5.92 Å². The van der Waals surface area contributed by atoms with E-state index in [4.69, 9.17) is 4.74 Å². The fourth-order valence-corrected chi connectivity index (χ4v) is 2.01. The normalized spacial score (nSPS) is 48.2. The van der Waals surface area contributed by atoms with E-state index < -0.39 is 0 Å². The molecule has 1 aliphatic carbocycles. The minimum absolute atomic E-state index is 0.159. The molecular weight excluding hydrogens is 140 g/mol. The number of hydrogen-bond donors (Lipinski definition) is 0. The third kappa shape index (κ3) is 1.09. The number of ether oxygens (including phenoxy) is 1. The predicted molar refractivity (Wildman–Crippen MR) is 41.3 cm³/mol. The molecule has 0 radical (unpaired) electrons. The molecule has 2 aliphatic rings. The van der Waals surface area contributed by atoms with Gasteiger partial charge in [-0.1, -0.05) is 0 Å². The quantitative estimate of drug-likeness (QED) is 0.536. The summed E-state index contributed by atoms with van der Waals surface area (Å²) in [6.07, 6.45) is 3.46. The molecule has 0 spiro atoms. The van der Waals surface area contributed by atoms with E-state index in [1.807, 2.05) is 0 Å². The molecule has 1 saturated carbocycles. The fourth-order valence-electron chi connectivity index (χ4n) is 2.01. The predicted octanol–water partition coefficient (Wildman–Crippen LogP) is 1.53. The number of Topliss-reactive ketones (excluding diaryl/α,β-unsaturated/α-hetero) is 1. The summed E-state index contributed by atoms with van der Waals surface area (Å²) < 4.78 is 5.49. The maximum Gasteiger partial charge on any atom is 0.133 e. The second-order valence-corrected chi connectivity index (χ2v) is 4.00. The highest BCUT2D eigenvalue weighted by Crippen LogP contribution is 2.49. The van der Waals surface area contributed by atoms with Gasteiger partial charge in [0.05, 0.1) is 11.7 Å². The summed E-state index contributed by atoms with van der Waals surface area (Å²) in [5.74, 6) is 0.623. The number of carbonyl (C=O) groups excluding carboxylic acids is 1. The maximum atomic E-state index is 11.0. The van der Waals surface area contributed by atoms with Gasteiger partial charge in [0.2, 0.25) is 0 Å². The van der Waals surface area contributed by atoms with Crippen LogP contribution in [0.4, 0.5) is 0 Å². The van der Waals surface area contributed by atoms with Gasteiger partial charge in [-0.15, -0.1) is 0 Å². The Morgan fingerprint density at radius 3 is 2.91 bits per heavy atom. The van der Waals surface area contributed by atoms with Crippen molar-refractivity contribution in [3.8, 4) is 0 Å². The van der Waals surface area contributed by atoms with E-state index in [-0.39, 0.29) is 11.5 Å². The molecule has 2 fully saturated rings. The highest BCUT2D eigenvalue weighted by Gasteiger charge is 2.55. The number of ketones is 1. The highest BCUT2D eigenvalue weighted by molar-refractivity contribution is 5.78. The van der Waals surface area contributed by atoms with Crippen molar-refractivity contribution in [2.45, 2.75) is 44.8 Å². The van der Waals surface area contributed by atoms with E-state index in [0.717, 1.165) is 19.3 Å². The zero-order chi connectivity index (χ0) is 8.06. The molecule has 2 heteroatoms. The Labute approximate surface area is 66.9 Å². The fraction of sp³-hybridized carbons (Fsp3) is 0.889. The smallest absolute Gasteiger partial charge is 0.133 e. The van der Waals surface area contributed by atoms with Gasteiger partial charge in [0.15, 0.2) is 0 Å². The minimum atomic E-state index is 0.159. The second-order valence-electron chi connectivity index (χ2n) is 4.00. The molecular formula is C9H14O2. The van der Waals surface area contributed by atoms with Crippen LogP contribution < -0.4 is 0 Å². The van der Waals surface area contributed by atoms with Gasteiger partial charge in [-0.25, -0.2) is 0 Å². The van der Waals surface area contributed by atoms with Crippen LogP contribution in [0.1, 0.15) is 33.1 Å². The van der Waals surface area contributed by atoms with Gasteiger partial charge in [-0.3, -0.25) is 4.79 Å². The Hall–Kier alpha value is -0.370. The monoisotopic (exact) mass is 154 g/mol. The van der Waals surface area contributed by atoms with Gasteiger partial charge in [-0.05, 0) is 33.1 Å². The maximum absolute atomic E-state index is 11.0. The first-order valence-corrected chi connectivity index (χ1v) is 4.30. The second kappa shape index (κ2) is 2.07. The first-order valence-electron chi connectivity index (χ1n) is 4.30. The summed E-state index contributed by atoms with van der Waals surface area (Å²) in [4.78, 5) is 11.0. The van der Waals surface area contributed by atoms with Crippen LogP contribution in [0.25, 0.3) is 0 Å². The zero-order valence-electron chi connectivity index (χ0n) is 7.09. The first-order chi connectivity index (χ1) is 5.12. The largest absolute Gasteiger partial charge is 0.366 e. The van der Waals surface area contributed by atoms with Gasteiger partial charge in [0.1, 0.15) is 5.78 Å². The Morgan fingerprint density at radius 1 is 1.64 bits per heavy atom. The lowest BCUT2D eigenvalue weighted by molar-refractivity contribution is -0.121. The van der Waals surface area contributed by atoms with E-state index >= 15 is 0 Å². The molecule has 0 N–H and O–H groups in total. The Morgan fingerprint density at radius 2 is 2.36 bits per heavy atom. The molecule has 2 nitrogen and oxygen atoms in total. The van der Waals surface area contributed by atoms with E-state index in [2.05, 4.69) is 6.92 Å². The highest BCUT2D eigenvalue weighted by atomic mass is 16.6. The number of fused-ring (bicyclic) bond motifs is 1. The summed E-state index contributed by atoms with van der Waals surface area (Å²) in [6, 6.07) is 0. The zero-order valence-corrected chi connectivity index (χ0v) is 7.09. The van der Waals surface area contributed by atoms with Crippen LogP contribution >= 0.6 is 0 Å². The molecule has 1 heterocycles. The topological polar surface area (TPSA) is 29.6 Å². The molecule has 0 amide bonds. The molecule has 0 bridgehead atoms. The van der Waals surface area contributed by atoms with E-state index in [0.29, 0.717) is 11.9 Å². The molecule has 2 unspecified atom stereocenters. The lowest BCUT2D eigenvalue weighted by Gasteiger charge is -2.19. The molecule has 1 aliphatic heterocycles. The van der Waals surface area contributed by atoms with Crippen LogP contribution in [-0.4, -0.2) is 17.5 Å².